The lowest BCUT2D eigenvalue weighted by Gasteiger charge is -2.30. The molecule has 0 saturated heterocycles. The van der Waals surface area contributed by atoms with Gasteiger partial charge in [-0.2, -0.15) is 5.10 Å². The fourth-order valence-corrected chi connectivity index (χ4v) is 4.02. The van der Waals surface area contributed by atoms with E-state index in [1.807, 2.05) is 12.1 Å². The molecule has 2 aromatic rings. The van der Waals surface area contributed by atoms with Gasteiger partial charge in [-0.3, -0.25) is 5.10 Å². The maximum atomic E-state index is 5.64. The van der Waals surface area contributed by atoms with Crippen LogP contribution in [0.1, 0.15) is 51.5 Å². The molecule has 0 aliphatic heterocycles. The minimum atomic E-state index is 0. The van der Waals surface area contributed by atoms with E-state index in [0.29, 0.717) is 12.0 Å². The molecule has 1 fully saturated rings. The van der Waals surface area contributed by atoms with Crippen molar-refractivity contribution in [3.05, 3.63) is 36.2 Å². The molecule has 8 heteroatoms. The number of rotatable bonds is 10. The Morgan fingerprint density at radius 1 is 1.23 bits per heavy atom. The summed E-state index contributed by atoms with van der Waals surface area (Å²) in [6.45, 7) is 8.21. The number of aromatic amines is 1. The molecule has 0 atom stereocenters. The fourth-order valence-electron chi connectivity index (χ4n) is 4.02. The summed E-state index contributed by atoms with van der Waals surface area (Å²) in [6, 6.07) is 8.26. The molecular formula is C22H35IN6O. The first kappa shape index (κ1) is 24.6. The van der Waals surface area contributed by atoms with Crippen LogP contribution in [0.5, 0.6) is 0 Å². The highest BCUT2D eigenvalue weighted by Gasteiger charge is 2.33. The van der Waals surface area contributed by atoms with Gasteiger partial charge < -0.3 is 15.4 Å². The molecule has 166 valence electrons. The molecule has 1 aromatic carbocycles. The molecule has 1 aliphatic rings. The van der Waals surface area contributed by atoms with Crippen molar-refractivity contribution < 1.29 is 4.74 Å². The zero-order valence-corrected chi connectivity index (χ0v) is 20.4. The molecule has 3 N–H and O–H groups in total. The number of guanidine groups is 1. The monoisotopic (exact) mass is 526 g/mol. The van der Waals surface area contributed by atoms with E-state index in [4.69, 9.17) is 9.73 Å². The molecule has 3 rings (SSSR count). The molecule has 1 saturated carbocycles. The number of hydrogen-bond donors (Lipinski definition) is 3. The average molecular weight is 526 g/mol. The summed E-state index contributed by atoms with van der Waals surface area (Å²) < 4.78 is 5.64. The van der Waals surface area contributed by atoms with E-state index in [-0.39, 0.29) is 24.0 Å². The molecule has 7 nitrogen and oxygen atoms in total. The lowest BCUT2D eigenvalue weighted by molar-refractivity contribution is 0.105. The summed E-state index contributed by atoms with van der Waals surface area (Å²) in [5.74, 6) is 1.65. The largest absolute Gasteiger partial charge is 0.382 e. The highest BCUT2D eigenvalue weighted by atomic mass is 127. The Bertz CT molecular complexity index is 759. The van der Waals surface area contributed by atoms with E-state index in [0.717, 1.165) is 55.6 Å². The number of H-pyrrole nitrogens is 1. The van der Waals surface area contributed by atoms with Crippen LogP contribution >= 0.6 is 24.0 Å². The van der Waals surface area contributed by atoms with Gasteiger partial charge in [-0.05, 0) is 50.2 Å². The van der Waals surface area contributed by atoms with Gasteiger partial charge in [0.25, 0.3) is 0 Å². The van der Waals surface area contributed by atoms with Crippen molar-refractivity contribution in [2.75, 3.05) is 26.3 Å². The molecule has 0 spiro atoms. The Morgan fingerprint density at radius 2 is 2.07 bits per heavy atom. The number of aromatic nitrogens is 3. The highest BCUT2D eigenvalue weighted by Crippen LogP contribution is 2.40. The van der Waals surface area contributed by atoms with E-state index in [1.165, 1.54) is 32.0 Å². The van der Waals surface area contributed by atoms with Gasteiger partial charge in [-0.15, -0.1) is 24.0 Å². The summed E-state index contributed by atoms with van der Waals surface area (Å²) in [7, 11) is 0. The zero-order valence-electron chi connectivity index (χ0n) is 18.1. The van der Waals surface area contributed by atoms with Crippen LogP contribution in [0.3, 0.4) is 0 Å². The van der Waals surface area contributed by atoms with Gasteiger partial charge in [0.05, 0.1) is 6.54 Å². The molecule has 0 amide bonds. The van der Waals surface area contributed by atoms with E-state index >= 15 is 0 Å². The molecule has 0 bridgehead atoms. The number of aliphatic imine (C=N–C) groups is 1. The first-order chi connectivity index (χ1) is 14.2. The highest BCUT2D eigenvalue weighted by molar-refractivity contribution is 14.0. The number of benzene rings is 1. The lowest BCUT2D eigenvalue weighted by Crippen LogP contribution is -2.43. The molecule has 1 aromatic heterocycles. The molecule has 1 aliphatic carbocycles. The molecule has 0 unspecified atom stereocenters. The van der Waals surface area contributed by atoms with Crippen molar-refractivity contribution >= 4 is 29.9 Å². The van der Waals surface area contributed by atoms with Crippen LogP contribution in [0, 0.1) is 5.41 Å². The summed E-state index contributed by atoms with van der Waals surface area (Å²) in [4.78, 5) is 9.04. The molecule has 0 radical (unpaired) electrons. The Labute approximate surface area is 196 Å². The Hall–Kier alpha value is -1.68. The van der Waals surface area contributed by atoms with E-state index in [9.17, 15) is 0 Å². The number of halogens is 1. The smallest absolute Gasteiger partial charge is 0.191 e. The Morgan fingerprint density at radius 3 is 2.77 bits per heavy atom. The Kier molecular flexibility index (Phi) is 10.6. The minimum absolute atomic E-state index is 0. The van der Waals surface area contributed by atoms with E-state index < -0.39 is 0 Å². The van der Waals surface area contributed by atoms with E-state index in [2.05, 4.69) is 51.8 Å². The van der Waals surface area contributed by atoms with Crippen molar-refractivity contribution in [2.45, 2.75) is 52.5 Å². The number of ether oxygens (including phenoxy) is 1. The first-order valence-corrected chi connectivity index (χ1v) is 10.8. The fraction of sp³-hybridized carbons (Fsp3) is 0.591. The number of hydrogen-bond acceptors (Lipinski definition) is 4. The van der Waals surface area contributed by atoms with Gasteiger partial charge >= 0.3 is 0 Å². The van der Waals surface area contributed by atoms with Gasteiger partial charge in [-0.1, -0.05) is 31.0 Å². The Balaban J connectivity index is 0.00000320. The summed E-state index contributed by atoms with van der Waals surface area (Å²) in [6.07, 6.45) is 7.81. The van der Waals surface area contributed by atoms with Crippen LogP contribution in [0.2, 0.25) is 0 Å². The van der Waals surface area contributed by atoms with Gasteiger partial charge in [0.15, 0.2) is 11.8 Å². The minimum Gasteiger partial charge on any atom is -0.382 e. The SMILES string of the molecule is CCNC(=NCc1cccc(-c2ncn[nH]2)c1)NCC1(CCOCC)CCCC1.I. The average Bonchev–Trinajstić information content (AvgIpc) is 3.43. The van der Waals surface area contributed by atoms with E-state index in [1.54, 1.807) is 0 Å². The van der Waals surface area contributed by atoms with Crippen LogP contribution < -0.4 is 10.6 Å². The van der Waals surface area contributed by atoms with Crippen LogP contribution in [0.15, 0.2) is 35.6 Å². The molecule has 1 heterocycles. The summed E-state index contributed by atoms with van der Waals surface area (Å²) in [5.41, 5.74) is 2.49. The topological polar surface area (TPSA) is 87.2 Å². The predicted octanol–water partition coefficient (Wildman–Crippen LogP) is 4.13. The maximum absolute atomic E-state index is 5.64. The first-order valence-electron chi connectivity index (χ1n) is 10.8. The van der Waals surface area contributed by atoms with Crippen molar-refractivity contribution in [1.29, 1.82) is 0 Å². The maximum Gasteiger partial charge on any atom is 0.191 e. The zero-order chi connectivity index (χ0) is 20.4. The second-order valence-electron chi connectivity index (χ2n) is 7.74. The van der Waals surface area contributed by atoms with Gasteiger partial charge in [-0.25, -0.2) is 9.98 Å². The second kappa shape index (κ2) is 12.9. The predicted molar refractivity (Wildman–Crippen MR) is 132 cm³/mol. The lowest BCUT2D eigenvalue weighted by atomic mass is 9.83. The summed E-state index contributed by atoms with van der Waals surface area (Å²) >= 11 is 0. The standard InChI is InChI=1S/C22H34N6O.HI/c1-3-23-21(25-16-22(10-5-6-11-22)12-13-29-4-2)24-15-18-8-7-9-19(14-18)20-26-17-27-28-20;/h7-9,14,17H,3-6,10-13,15-16H2,1-2H3,(H2,23,24,25)(H,26,27,28);1H. The number of nitrogens with zero attached hydrogens (tertiary/aromatic N) is 3. The third-order valence-corrected chi connectivity index (χ3v) is 5.66. The van der Waals surface area contributed by atoms with Gasteiger partial charge in [0.2, 0.25) is 0 Å². The van der Waals surface area contributed by atoms with Crippen LogP contribution in [-0.4, -0.2) is 47.4 Å². The normalized spacial score (nSPS) is 15.6. The third kappa shape index (κ3) is 7.23. The van der Waals surface area contributed by atoms with Gasteiger partial charge in [0, 0.05) is 31.9 Å². The van der Waals surface area contributed by atoms with Gasteiger partial charge in [0.1, 0.15) is 6.33 Å². The van der Waals surface area contributed by atoms with Crippen LogP contribution in [-0.2, 0) is 11.3 Å². The number of nitrogens with one attached hydrogen (secondary N) is 3. The third-order valence-electron chi connectivity index (χ3n) is 5.66. The van der Waals surface area contributed by atoms with Crippen LogP contribution in [0.4, 0.5) is 0 Å². The van der Waals surface area contributed by atoms with Crippen molar-refractivity contribution in [2.24, 2.45) is 10.4 Å². The second-order valence-corrected chi connectivity index (χ2v) is 7.74. The van der Waals surface area contributed by atoms with Crippen LogP contribution in [0.25, 0.3) is 11.4 Å². The van der Waals surface area contributed by atoms with Crippen molar-refractivity contribution in [3.63, 3.8) is 0 Å². The van der Waals surface area contributed by atoms with Crippen molar-refractivity contribution in [3.8, 4) is 11.4 Å². The van der Waals surface area contributed by atoms with Crippen molar-refractivity contribution in [1.82, 2.24) is 25.8 Å². The quantitative estimate of drug-likeness (QED) is 0.188. The summed E-state index contributed by atoms with van der Waals surface area (Å²) in [5, 5.41) is 13.8. The molecular weight excluding hydrogens is 491 g/mol. The molecule has 30 heavy (non-hydrogen) atoms.